The molecule has 1 fully saturated rings. The van der Waals surface area contributed by atoms with Crippen molar-refractivity contribution in [1.29, 1.82) is 5.26 Å². The van der Waals surface area contributed by atoms with Crippen LogP contribution >= 0.6 is 23.2 Å². The van der Waals surface area contributed by atoms with Gasteiger partial charge in [0.15, 0.2) is 0 Å². The largest absolute Gasteiger partial charge is 0.495 e. The van der Waals surface area contributed by atoms with Crippen molar-refractivity contribution in [2.45, 2.75) is 6.54 Å². The molecular formula is C28H28Cl2N6O. The monoisotopic (exact) mass is 534 g/mol. The highest BCUT2D eigenvalue weighted by Gasteiger charge is 2.18. The molecule has 0 aliphatic carbocycles. The number of pyridine rings is 1. The van der Waals surface area contributed by atoms with Crippen LogP contribution in [-0.4, -0.2) is 59.7 Å². The van der Waals surface area contributed by atoms with Crippen molar-refractivity contribution in [2.24, 2.45) is 7.05 Å². The molecule has 1 aliphatic rings. The van der Waals surface area contributed by atoms with Crippen LogP contribution in [-0.2, 0) is 13.6 Å². The number of nitrogens with zero attached hydrogens (tertiary/aromatic N) is 5. The molecule has 0 radical (unpaired) electrons. The fourth-order valence-electron chi connectivity index (χ4n) is 4.73. The highest BCUT2D eigenvalue weighted by molar-refractivity contribution is 6.37. The van der Waals surface area contributed by atoms with E-state index in [4.69, 9.17) is 27.9 Å². The highest BCUT2D eigenvalue weighted by atomic mass is 35.5. The maximum atomic E-state index is 9.77. The molecule has 1 saturated heterocycles. The van der Waals surface area contributed by atoms with Gasteiger partial charge in [-0.3, -0.25) is 9.88 Å². The molecule has 0 spiro atoms. The minimum atomic E-state index is 0.414. The molecule has 0 unspecified atom stereocenters. The summed E-state index contributed by atoms with van der Waals surface area (Å²) in [5, 5.41) is 14.7. The summed E-state index contributed by atoms with van der Waals surface area (Å²) in [5.41, 5.74) is 5.88. The average molecular weight is 535 g/mol. The number of anilines is 2. The zero-order valence-electron chi connectivity index (χ0n) is 21.1. The van der Waals surface area contributed by atoms with Gasteiger partial charge in [-0.15, -0.1) is 0 Å². The van der Waals surface area contributed by atoms with E-state index in [9.17, 15) is 5.26 Å². The van der Waals surface area contributed by atoms with Crippen molar-refractivity contribution in [1.82, 2.24) is 19.4 Å². The van der Waals surface area contributed by atoms with E-state index in [-0.39, 0.29) is 0 Å². The van der Waals surface area contributed by atoms with Crippen molar-refractivity contribution in [3.05, 3.63) is 70.0 Å². The van der Waals surface area contributed by atoms with E-state index in [1.807, 2.05) is 6.07 Å². The molecule has 37 heavy (non-hydrogen) atoms. The molecule has 0 amide bonds. The van der Waals surface area contributed by atoms with Crippen LogP contribution in [0.25, 0.3) is 22.2 Å². The quantitative estimate of drug-likeness (QED) is 0.331. The Balaban J connectivity index is 1.48. The average Bonchev–Trinajstić information content (AvgIpc) is 3.26. The van der Waals surface area contributed by atoms with Crippen molar-refractivity contribution in [2.75, 3.05) is 45.7 Å². The number of hydrogen-bond donors (Lipinski definition) is 1. The molecule has 5 rings (SSSR count). The van der Waals surface area contributed by atoms with Gasteiger partial charge in [0, 0.05) is 74.4 Å². The fraction of sp³-hybridized carbons (Fsp3) is 0.286. The molecule has 0 atom stereocenters. The highest BCUT2D eigenvalue weighted by Crippen LogP contribution is 2.38. The van der Waals surface area contributed by atoms with Gasteiger partial charge in [-0.1, -0.05) is 29.3 Å². The lowest BCUT2D eigenvalue weighted by atomic mass is 10.0. The second-order valence-electron chi connectivity index (χ2n) is 9.33. The van der Waals surface area contributed by atoms with Crippen molar-refractivity contribution in [3.8, 4) is 23.1 Å². The lowest BCUT2D eigenvalue weighted by Crippen LogP contribution is -2.44. The first kappa shape index (κ1) is 25.4. The van der Waals surface area contributed by atoms with Crippen molar-refractivity contribution < 1.29 is 4.74 Å². The second kappa shape index (κ2) is 10.6. The summed E-state index contributed by atoms with van der Waals surface area (Å²) in [6.45, 7) is 5.29. The van der Waals surface area contributed by atoms with E-state index in [2.05, 4.69) is 69.1 Å². The number of methoxy groups -OCH3 is 1. The van der Waals surface area contributed by atoms with Crippen molar-refractivity contribution in [3.63, 3.8) is 0 Å². The number of nitriles is 1. The van der Waals surface area contributed by atoms with Gasteiger partial charge in [-0.2, -0.15) is 5.26 Å². The Bertz CT molecular complexity index is 1500. The van der Waals surface area contributed by atoms with Crippen LogP contribution < -0.4 is 10.1 Å². The van der Waals surface area contributed by atoms with Gasteiger partial charge in [0.2, 0.25) is 0 Å². The first-order valence-corrected chi connectivity index (χ1v) is 12.8. The summed E-state index contributed by atoms with van der Waals surface area (Å²) >= 11 is 12.6. The molecule has 1 aliphatic heterocycles. The molecule has 1 N–H and O–H groups in total. The van der Waals surface area contributed by atoms with Crippen LogP contribution in [0.15, 0.2) is 48.7 Å². The van der Waals surface area contributed by atoms with E-state index < -0.39 is 0 Å². The summed E-state index contributed by atoms with van der Waals surface area (Å²) in [6, 6.07) is 16.0. The topological polar surface area (TPSA) is 69.3 Å². The van der Waals surface area contributed by atoms with Gasteiger partial charge < -0.3 is 19.5 Å². The summed E-state index contributed by atoms with van der Waals surface area (Å²) in [6.07, 6.45) is 1.58. The summed E-state index contributed by atoms with van der Waals surface area (Å²) in [7, 11) is 5.83. The number of piperazine rings is 1. The molecule has 190 valence electrons. The van der Waals surface area contributed by atoms with E-state index in [1.54, 1.807) is 25.4 Å². The predicted molar refractivity (Wildman–Crippen MR) is 150 cm³/mol. The van der Waals surface area contributed by atoms with E-state index in [0.717, 1.165) is 54.9 Å². The normalized spacial score (nSPS) is 14.6. The first-order valence-electron chi connectivity index (χ1n) is 12.1. The number of halogens is 2. The molecular weight excluding hydrogens is 507 g/mol. The fourth-order valence-corrected chi connectivity index (χ4v) is 5.23. The van der Waals surface area contributed by atoms with Gasteiger partial charge in [0.05, 0.1) is 39.6 Å². The molecule has 0 saturated carbocycles. The number of rotatable bonds is 6. The number of ether oxygens (including phenoxy) is 1. The molecule has 2 aromatic heterocycles. The third kappa shape index (κ3) is 5.11. The lowest BCUT2D eigenvalue weighted by molar-refractivity contribution is 0.146. The molecule has 2 aromatic carbocycles. The number of fused-ring (bicyclic) bond motifs is 1. The summed E-state index contributed by atoms with van der Waals surface area (Å²) in [4.78, 5) is 9.45. The number of aromatic nitrogens is 2. The molecule has 7 nitrogen and oxygen atoms in total. The Morgan fingerprint density at radius 2 is 1.81 bits per heavy atom. The number of nitrogens with one attached hydrogen (secondary N) is 1. The summed E-state index contributed by atoms with van der Waals surface area (Å²) < 4.78 is 7.59. The van der Waals surface area contributed by atoms with Crippen molar-refractivity contribution >= 4 is 45.5 Å². The van der Waals surface area contributed by atoms with Gasteiger partial charge in [0.25, 0.3) is 0 Å². The molecule has 3 heterocycles. The zero-order chi connectivity index (χ0) is 26.1. The van der Waals surface area contributed by atoms with Crippen LogP contribution in [0.3, 0.4) is 0 Å². The Morgan fingerprint density at radius 1 is 1.03 bits per heavy atom. The minimum Gasteiger partial charge on any atom is -0.495 e. The maximum absolute atomic E-state index is 9.77. The Morgan fingerprint density at radius 3 is 2.54 bits per heavy atom. The standard InChI is InChI=1S/C28H28Cl2N6O/c1-34-8-10-36(11-9-34)17-20-5-7-26(35(20)2)18-4-6-21-24(12-18)32-16-19(15-31)28(21)33-25-14-27(37-3)23(30)13-22(25)29/h4-7,12-14,16H,8-11,17H2,1-3H3,(H,32,33). The van der Waals surface area contributed by atoms with Gasteiger partial charge in [-0.25, -0.2) is 0 Å². The maximum Gasteiger partial charge on any atom is 0.139 e. The third-order valence-corrected chi connectivity index (χ3v) is 7.60. The number of likely N-dealkylation sites (N-methyl/N-ethyl adjacent to an activating group) is 1. The minimum absolute atomic E-state index is 0.414. The first-order chi connectivity index (χ1) is 17.9. The summed E-state index contributed by atoms with van der Waals surface area (Å²) in [5.74, 6) is 0.490. The third-order valence-electron chi connectivity index (χ3n) is 6.99. The number of hydrogen-bond acceptors (Lipinski definition) is 6. The van der Waals surface area contributed by atoms with Gasteiger partial charge in [-0.05, 0) is 37.4 Å². The SMILES string of the molecule is COc1cc(Nc2c(C#N)cnc3cc(-c4ccc(CN5CCN(C)CC5)n4C)ccc23)c(Cl)cc1Cl. The Hall–Kier alpha value is -3.28. The van der Waals surface area contributed by atoms with E-state index in [1.165, 1.54) is 5.69 Å². The lowest BCUT2D eigenvalue weighted by Gasteiger charge is -2.32. The predicted octanol–water partition coefficient (Wildman–Crippen LogP) is 5.92. The zero-order valence-corrected chi connectivity index (χ0v) is 22.6. The Labute approximate surface area is 226 Å². The van der Waals surface area contributed by atoms with E-state index >= 15 is 0 Å². The molecule has 9 heteroatoms. The molecule has 0 bridgehead atoms. The van der Waals surface area contributed by atoms with Crippen LogP contribution in [0.2, 0.25) is 10.0 Å². The second-order valence-corrected chi connectivity index (χ2v) is 10.1. The van der Waals surface area contributed by atoms with Crippen LogP contribution in [0.1, 0.15) is 11.3 Å². The van der Waals surface area contributed by atoms with E-state index in [0.29, 0.717) is 32.7 Å². The number of benzene rings is 2. The smallest absolute Gasteiger partial charge is 0.139 e. The van der Waals surface area contributed by atoms with Crippen LogP contribution in [0.5, 0.6) is 5.75 Å². The van der Waals surface area contributed by atoms with Crippen LogP contribution in [0, 0.1) is 11.3 Å². The van der Waals surface area contributed by atoms with Gasteiger partial charge >= 0.3 is 0 Å². The van der Waals surface area contributed by atoms with Crippen LogP contribution in [0.4, 0.5) is 11.4 Å². The van der Waals surface area contributed by atoms with Gasteiger partial charge in [0.1, 0.15) is 11.8 Å². The molecule has 4 aromatic rings. The Kier molecular flexibility index (Phi) is 7.27.